The van der Waals surface area contributed by atoms with Crippen molar-refractivity contribution in [2.45, 2.75) is 45.8 Å². The number of halogens is 4. The Morgan fingerprint density at radius 3 is 2.56 bits per heavy atom. The summed E-state index contributed by atoms with van der Waals surface area (Å²) in [6.07, 6.45) is -4.46. The Morgan fingerprint density at radius 1 is 1.33 bits per heavy atom. The van der Waals surface area contributed by atoms with Crippen molar-refractivity contribution >= 4 is 23.2 Å². The molecule has 0 radical (unpaired) electrons. The van der Waals surface area contributed by atoms with E-state index >= 15 is 0 Å². The van der Waals surface area contributed by atoms with Crippen molar-refractivity contribution in [3.8, 4) is 0 Å². The average molecular weight is 405 g/mol. The van der Waals surface area contributed by atoms with E-state index in [9.17, 15) is 23.1 Å². The number of carbonyl (C=O) groups is 1. The molecule has 0 saturated carbocycles. The van der Waals surface area contributed by atoms with Crippen molar-refractivity contribution in [1.29, 1.82) is 0 Å². The fourth-order valence-electron chi connectivity index (χ4n) is 2.77. The Kier molecular flexibility index (Phi) is 4.55. The number of amides is 1. The van der Waals surface area contributed by atoms with Gasteiger partial charge in [0.05, 0.1) is 16.4 Å². The Bertz CT molecular complexity index is 935. The van der Waals surface area contributed by atoms with Crippen molar-refractivity contribution in [2.75, 3.05) is 0 Å². The van der Waals surface area contributed by atoms with Gasteiger partial charge in [-0.1, -0.05) is 11.6 Å². The highest BCUT2D eigenvalue weighted by molar-refractivity contribution is 6.31. The molecule has 3 rings (SSSR count). The number of hydrogen-bond acceptors (Lipinski definition) is 5. The second-order valence-electron chi connectivity index (χ2n) is 6.31. The van der Waals surface area contributed by atoms with E-state index in [2.05, 4.69) is 15.3 Å². The highest BCUT2D eigenvalue weighted by Gasteiger charge is 2.63. The van der Waals surface area contributed by atoms with Crippen LogP contribution < -0.4 is 0 Å². The van der Waals surface area contributed by atoms with Gasteiger partial charge in [-0.2, -0.15) is 33.5 Å². The molecular weight excluding hydrogens is 389 g/mol. The minimum absolute atomic E-state index is 0.0140. The van der Waals surface area contributed by atoms with E-state index in [1.54, 1.807) is 18.5 Å². The maximum absolute atomic E-state index is 13.3. The molecule has 1 amide bonds. The van der Waals surface area contributed by atoms with E-state index in [4.69, 9.17) is 11.6 Å². The molecule has 8 nitrogen and oxygen atoms in total. The summed E-state index contributed by atoms with van der Waals surface area (Å²) in [7, 11) is 0. The number of aliphatic hydroxyl groups is 1. The number of nitrogens with zero attached hydrogens (tertiary/aromatic N) is 6. The van der Waals surface area contributed by atoms with Crippen LogP contribution >= 0.6 is 11.6 Å². The zero-order valence-corrected chi connectivity index (χ0v) is 15.4. The normalized spacial score (nSPS) is 20.3. The Hall–Kier alpha value is -2.40. The van der Waals surface area contributed by atoms with Gasteiger partial charge in [0.15, 0.2) is 5.69 Å². The van der Waals surface area contributed by atoms with Crippen LogP contribution in [0, 0.1) is 13.8 Å². The predicted molar refractivity (Wildman–Crippen MR) is 89.2 cm³/mol. The zero-order valence-electron chi connectivity index (χ0n) is 14.6. The summed E-state index contributed by atoms with van der Waals surface area (Å²) >= 11 is 6.07. The smallest absolute Gasteiger partial charge is 0.362 e. The van der Waals surface area contributed by atoms with E-state index in [1.807, 2.05) is 0 Å². The molecule has 2 aromatic rings. The minimum Gasteiger partial charge on any atom is -0.362 e. The van der Waals surface area contributed by atoms with Crippen molar-refractivity contribution in [2.24, 2.45) is 5.10 Å². The molecule has 3 heterocycles. The number of aromatic nitrogens is 4. The first kappa shape index (κ1) is 19.4. The SMILES string of the molecule is CC1=NN(C(=O)c2ccn(Cn3nc(C)c(Cl)c3C)n2)[C@@](O)(C(F)(F)F)C1. The molecular formula is C15H16ClF3N6O2. The molecule has 0 aliphatic carbocycles. The Balaban J connectivity index is 1.85. The van der Waals surface area contributed by atoms with Crippen LogP contribution in [0.5, 0.6) is 0 Å². The third-order valence-electron chi connectivity index (χ3n) is 4.20. The first-order valence-electron chi connectivity index (χ1n) is 7.85. The second-order valence-corrected chi connectivity index (χ2v) is 6.69. The molecule has 1 aliphatic heterocycles. The van der Waals surface area contributed by atoms with Crippen LogP contribution in [-0.4, -0.2) is 53.2 Å². The van der Waals surface area contributed by atoms with Crippen molar-refractivity contribution < 1.29 is 23.1 Å². The lowest BCUT2D eigenvalue weighted by atomic mass is 10.1. The van der Waals surface area contributed by atoms with E-state index in [0.717, 1.165) is 0 Å². The monoisotopic (exact) mass is 404 g/mol. The molecule has 1 aliphatic rings. The fraction of sp³-hybridized carbons (Fsp3) is 0.467. The van der Waals surface area contributed by atoms with Crippen LogP contribution in [0.4, 0.5) is 13.2 Å². The summed E-state index contributed by atoms with van der Waals surface area (Å²) in [4.78, 5) is 12.5. The number of hydrogen-bond donors (Lipinski definition) is 1. The summed E-state index contributed by atoms with van der Waals surface area (Å²) in [6.45, 7) is 4.90. The lowest BCUT2D eigenvalue weighted by molar-refractivity contribution is -0.297. The third kappa shape index (κ3) is 3.21. The van der Waals surface area contributed by atoms with Gasteiger partial charge in [0.2, 0.25) is 0 Å². The Labute approximate surface area is 156 Å². The number of aryl methyl sites for hydroxylation is 1. The summed E-state index contributed by atoms with van der Waals surface area (Å²) < 4.78 is 42.6. The van der Waals surface area contributed by atoms with Gasteiger partial charge < -0.3 is 5.11 Å². The van der Waals surface area contributed by atoms with Crippen molar-refractivity contribution in [3.63, 3.8) is 0 Å². The first-order chi connectivity index (χ1) is 12.4. The van der Waals surface area contributed by atoms with E-state index in [0.29, 0.717) is 16.4 Å². The topological polar surface area (TPSA) is 88.5 Å². The predicted octanol–water partition coefficient (Wildman–Crippen LogP) is 2.33. The quantitative estimate of drug-likeness (QED) is 0.850. The molecule has 0 bridgehead atoms. The molecule has 0 unspecified atom stereocenters. The van der Waals surface area contributed by atoms with Gasteiger partial charge in [-0.05, 0) is 26.8 Å². The lowest BCUT2D eigenvalue weighted by Gasteiger charge is -2.32. The first-order valence-corrected chi connectivity index (χ1v) is 8.22. The molecule has 1 atom stereocenters. The number of hydrazone groups is 1. The third-order valence-corrected chi connectivity index (χ3v) is 4.75. The van der Waals surface area contributed by atoms with Crippen LogP contribution in [-0.2, 0) is 6.67 Å². The molecule has 2 aromatic heterocycles. The molecule has 0 saturated heterocycles. The zero-order chi connectivity index (χ0) is 20.1. The average Bonchev–Trinajstić information content (AvgIpc) is 3.21. The largest absolute Gasteiger partial charge is 0.438 e. The Morgan fingerprint density at radius 2 is 2.00 bits per heavy atom. The van der Waals surface area contributed by atoms with Gasteiger partial charge >= 0.3 is 6.18 Å². The number of carbonyl (C=O) groups excluding carboxylic acids is 1. The molecule has 27 heavy (non-hydrogen) atoms. The highest BCUT2D eigenvalue weighted by Crippen LogP contribution is 2.40. The number of rotatable bonds is 3. The maximum Gasteiger partial charge on any atom is 0.438 e. The van der Waals surface area contributed by atoms with Crippen LogP contribution in [0.25, 0.3) is 0 Å². The molecule has 0 aromatic carbocycles. The van der Waals surface area contributed by atoms with Crippen molar-refractivity contribution in [1.82, 2.24) is 24.6 Å². The summed E-state index contributed by atoms with van der Waals surface area (Å²) in [6, 6.07) is 1.25. The second kappa shape index (κ2) is 6.34. The fourth-order valence-corrected chi connectivity index (χ4v) is 2.90. The van der Waals surface area contributed by atoms with Gasteiger partial charge in [0.25, 0.3) is 11.6 Å². The molecule has 0 fully saturated rings. The van der Waals surface area contributed by atoms with Crippen LogP contribution in [0.2, 0.25) is 5.02 Å². The summed E-state index contributed by atoms with van der Waals surface area (Å²) in [5, 5.41) is 22.3. The van der Waals surface area contributed by atoms with Crippen molar-refractivity contribution in [3.05, 3.63) is 34.4 Å². The molecule has 12 heteroatoms. The standard InChI is InChI=1S/C15H16ClF3N6O2/c1-8-6-14(27,15(17,18)19)25(20-8)13(26)11-4-5-23(22-11)7-24-10(3)12(16)9(2)21-24/h4-5,27H,6-7H2,1-3H3/t14-/m0/s1. The number of alkyl halides is 3. The molecule has 1 N–H and O–H groups in total. The van der Waals surface area contributed by atoms with Gasteiger partial charge in [-0.25, -0.2) is 4.68 Å². The van der Waals surface area contributed by atoms with Gasteiger partial charge in [-0.3, -0.25) is 9.48 Å². The lowest BCUT2D eigenvalue weighted by Crippen LogP contribution is -2.56. The summed E-state index contributed by atoms with van der Waals surface area (Å²) in [5.41, 5.74) is -2.39. The van der Waals surface area contributed by atoms with Gasteiger partial charge in [-0.15, -0.1) is 0 Å². The van der Waals surface area contributed by atoms with E-state index in [1.165, 1.54) is 23.9 Å². The van der Waals surface area contributed by atoms with Crippen LogP contribution in [0.15, 0.2) is 17.4 Å². The van der Waals surface area contributed by atoms with E-state index < -0.39 is 24.2 Å². The minimum atomic E-state index is -5.06. The highest BCUT2D eigenvalue weighted by atomic mass is 35.5. The molecule has 0 spiro atoms. The van der Waals surface area contributed by atoms with Crippen LogP contribution in [0.1, 0.15) is 35.2 Å². The van der Waals surface area contributed by atoms with Crippen LogP contribution in [0.3, 0.4) is 0 Å². The summed E-state index contributed by atoms with van der Waals surface area (Å²) in [5.74, 6) is -1.16. The van der Waals surface area contributed by atoms with E-state index in [-0.39, 0.29) is 23.1 Å². The maximum atomic E-state index is 13.3. The van der Waals surface area contributed by atoms with Gasteiger partial charge in [0.1, 0.15) is 6.67 Å². The van der Waals surface area contributed by atoms with Gasteiger partial charge in [0, 0.05) is 18.3 Å². The molecule has 146 valence electrons.